The predicted molar refractivity (Wildman–Crippen MR) is 100 cm³/mol. The molecule has 140 valence electrons. The van der Waals surface area contributed by atoms with Crippen LogP contribution in [0.25, 0.3) is 11.0 Å². The second-order valence-corrected chi connectivity index (χ2v) is 5.90. The highest BCUT2D eigenvalue weighted by molar-refractivity contribution is 5.91. The van der Waals surface area contributed by atoms with E-state index < -0.39 is 12.1 Å². The number of aliphatic hydroxyl groups is 1. The Morgan fingerprint density at radius 2 is 2.15 bits per heavy atom. The van der Waals surface area contributed by atoms with Gasteiger partial charge in [0.15, 0.2) is 0 Å². The number of carbonyl (C=O) groups is 1. The minimum Gasteiger partial charge on any atom is -0.491 e. The minimum absolute atomic E-state index is 0.0585. The van der Waals surface area contributed by atoms with Crippen LogP contribution in [-0.4, -0.2) is 42.0 Å². The van der Waals surface area contributed by atoms with Gasteiger partial charge in [0.05, 0.1) is 0 Å². The average molecular weight is 359 g/mol. The smallest absolute Gasteiger partial charge is 0.371 e. The first-order valence-corrected chi connectivity index (χ1v) is 8.59. The molecule has 6 heteroatoms. The molecule has 0 aliphatic carbocycles. The summed E-state index contributed by atoms with van der Waals surface area (Å²) in [6.45, 7) is 5.13. The lowest BCUT2D eigenvalue weighted by molar-refractivity contribution is 0.0665. The largest absolute Gasteiger partial charge is 0.491 e. The van der Waals surface area contributed by atoms with Crippen molar-refractivity contribution < 1.29 is 24.2 Å². The Labute approximate surface area is 152 Å². The molecule has 0 radical (unpaired) electrons. The van der Waals surface area contributed by atoms with Crippen molar-refractivity contribution in [3.8, 4) is 0 Å². The van der Waals surface area contributed by atoms with Gasteiger partial charge in [-0.15, -0.1) is 0 Å². The summed E-state index contributed by atoms with van der Waals surface area (Å²) < 4.78 is 10.8. The summed E-state index contributed by atoms with van der Waals surface area (Å²) in [7, 11) is 0. The van der Waals surface area contributed by atoms with Crippen LogP contribution in [-0.2, 0) is 11.2 Å². The third kappa shape index (κ3) is 5.75. The lowest BCUT2D eigenvalue weighted by Gasteiger charge is -2.13. The normalized spacial score (nSPS) is 13.4. The number of ether oxygens (including phenoxy) is 1. The van der Waals surface area contributed by atoms with Crippen LogP contribution >= 0.6 is 0 Å². The van der Waals surface area contributed by atoms with Gasteiger partial charge >= 0.3 is 5.97 Å². The van der Waals surface area contributed by atoms with Crippen molar-refractivity contribution in [3.63, 3.8) is 0 Å². The van der Waals surface area contributed by atoms with E-state index in [-0.39, 0.29) is 12.4 Å². The number of benzene rings is 1. The number of allylic oxidation sites excluding steroid dienone is 3. The minimum atomic E-state index is -1.07. The van der Waals surface area contributed by atoms with Crippen molar-refractivity contribution in [1.82, 2.24) is 5.32 Å². The van der Waals surface area contributed by atoms with Gasteiger partial charge in [0.1, 0.15) is 24.1 Å². The van der Waals surface area contributed by atoms with Crippen LogP contribution in [0.3, 0.4) is 0 Å². The molecular weight excluding hydrogens is 334 g/mol. The van der Waals surface area contributed by atoms with E-state index in [2.05, 4.69) is 5.32 Å². The van der Waals surface area contributed by atoms with Crippen molar-refractivity contribution >= 4 is 16.9 Å². The molecule has 0 amide bonds. The molecule has 1 unspecified atom stereocenters. The van der Waals surface area contributed by atoms with Gasteiger partial charge in [0.2, 0.25) is 5.76 Å². The molecular formula is C20H25NO5. The van der Waals surface area contributed by atoms with E-state index in [4.69, 9.17) is 14.3 Å². The summed E-state index contributed by atoms with van der Waals surface area (Å²) in [6.07, 6.45) is 5.72. The van der Waals surface area contributed by atoms with Gasteiger partial charge in [0.25, 0.3) is 0 Å². The Morgan fingerprint density at radius 3 is 2.85 bits per heavy atom. The Kier molecular flexibility index (Phi) is 7.44. The van der Waals surface area contributed by atoms with Gasteiger partial charge < -0.3 is 24.7 Å². The van der Waals surface area contributed by atoms with E-state index in [0.29, 0.717) is 18.7 Å². The maximum atomic E-state index is 10.9. The van der Waals surface area contributed by atoms with Crippen molar-refractivity contribution in [2.45, 2.75) is 26.4 Å². The number of hydrogen-bond donors (Lipinski definition) is 3. The second kappa shape index (κ2) is 9.79. The van der Waals surface area contributed by atoms with Crippen LogP contribution in [0.1, 0.15) is 30.0 Å². The zero-order valence-corrected chi connectivity index (χ0v) is 15.1. The first-order chi connectivity index (χ1) is 12.5. The molecule has 0 fully saturated rings. The number of carboxylic acids is 1. The summed E-state index contributed by atoms with van der Waals surface area (Å²) >= 11 is 0. The number of hydrogen-bond acceptors (Lipinski definition) is 5. The van der Waals surface area contributed by atoms with E-state index in [1.54, 1.807) is 0 Å². The van der Waals surface area contributed by atoms with Crippen LogP contribution in [0.5, 0.6) is 0 Å². The van der Waals surface area contributed by atoms with Gasteiger partial charge in [-0.05, 0) is 56.7 Å². The first kappa shape index (κ1) is 19.8. The monoisotopic (exact) mass is 359 g/mol. The number of fused-ring (bicyclic) bond motifs is 1. The molecule has 0 saturated carbocycles. The maximum absolute atomic E-state index is 10.9. The fourth-order valence-corrected chi connectivity index (χ4v) is 2.48. The molecule has 3 N–H and O–H groups in total. The van der Waals surface area contributed by atoms with E-state index in [0.717, 1.165) is 23.1 Å². The third-order valence-electron chi connectivity index (χ3n) is 3.82. The molecule has 0 aliphatic heterocycles. The standard InChI is InChI=1S/C20H25NO5/c1-3-5-17(4-2)25-13-16(22)12-21-9-8-14-6-7-15-11-19(20(23)24)26-18(15)10-14/h3-7,10-11,16,21-22H,8-9,12-13H2,1-2H3,(H,23,24)/b5-3-,17-4+. The van der Waals surface area contributed by atoms with Crippen molar-refractivity contribution in [2.24, 2.45) is 0 Å². The first-order valence-electron chi connectivity index (χ1n) is 8.59. The molecule has 1 aromatic carbocycles. The van der Waals surface area contributed by atoms with Gasteiger partial charge in [-0.2, -0.15) is 0 Å². The highest BCUT2D eigenvalue weighted by Gasteiger charge is 2.10. The van der Waals surface area contributed by atoms with Crippen molar-refractivity contribution in [3.05, 3.63) is 59.6 Å². The maximum Gasteiger partial charge on any atom is 0.371 e. The number of aliphatic hydroxyl groups excluding tert-OH is 1. The topological polar surface area (TPSA) is 91.9 Å². The number of furan rings is 1. The predicted octanol–water partition coefficient (Wildman–Crippen LogP) is 3.12. The lowest BCUT2D eigenvalue weighted by atomic mass is 10.1. The van der Waals surface area contributed by atoms with E-state index >= 15 is 0 Å². The third-order valence-corrected chi connectivity index (χ3v) is 3.82. The van der Waals surface area contributed by atoms with Crippen LogP contribution in [0.4, 0.5) is 0 Å². The van der Waals surface area contributed by atoms with E-state index in [1.807, 2.05) is 50.3 Å². The zero-order chi connectivity index (χ0) is 18.9. The summed E-state index contributed by atoms with van der Waals surface area (Å²) in [5, 5.41) is 22.9. The number of rotatable bonds is 10. The quantitative estimate of drug-likeness (QED) is 0.343. The molecule has 6 nitrogen and oxygen atoms in total. The van der Waals surface area contributed by atoms with Crippen LogP contribution < -0.4 is 5.32 Å². The molecule has 26 heavy (non-hydrogen) atoms. The molecule has 1 aromatic heterocycles. The van der Waals surface area contributed by atoms with Gasteiger partial charge in [0, 0.05) is 11.9 Å². The Morgan fingerprint density at radius 1 is 1.35 bits per heavy atom. The fourth-order valence-electron chi connectivity index (χ4n) is 2.48. The Balaban J connectivity index is 1.75. The van der Waals surface area contributed by atoms with Crippen LogP contribution in [0.15, 0.2) is 52.7 Å². The fraction of sp³-hybridized carbons (Fsp3) is 0.350. The van der Waals surface area contributed by atoms with Gasteiger partial charge in [-0.3, -0.25) is 0 Å². The van der Waals surface area contributed by atoms with Gasteiger partial charge in [-0.1, -0.05) is 18.2 Å². The summed E-state index contributed by atoms with van der Waals surface area (Å²) in [5.74, 6) is -0.396. The van der Waals surface area contributed by atoms with Crippen LogP contribution in [0, 0.1) is 0 Å². The Bertz CT molecular complexity index is 791. The molecule has 2 rings (SSSR count). The molecule has 0 spiro atoms. The highest BCUT2D eigenvalue weighted by atomic mass is 16.5. The molecule has 1 atom stereocenters. The summed E-state index contributed by atoms with van der Waals surface area (Å²) in [6, 6.07) is 7.16. The van der Waals surface area contributed by atoms with E-state index in [9.17, 15) is 9.90 Å². The number of nitrogens with one attached hydrogen (secondary N) is 1. The second-order valence-electron chi connectivity index (χ2n) is 5.90. The molecule has 2 aromatic rings. The number of aromatic carboxylic acids is 1. The average Bonchev–Trinajstić information content (AvgIpc) is 3.06. The molecule has 0 saturated heterocycles. The van der Waals surface area contributed by atoms with E-state index in [1.165, 1.54) is 6.07 Å². The van der Waals surface area contributed by atoms with Crippen molar-refractivity contribution in [2.75, 3.05) is 19.7 Å². The zero-order valence-electron chi connectivity index (χ0n) is 15.1. The Hall–Kier alpha value is -2.57. The summed E-state index contributed by atoms with van der Waals surface area (Å²) in [5.41, 5.74) is 1.60. The summed E-state index contributed by atoms with van der Waals surface area (Å²) in [4.78, 5) is 10.9. The van der Waals surface area contributed by atoms with Crippen molar-refractivity contribution in [1.29, 1.82) is 0 Å². The molecule has 1 heterocycles. The molecule has 0 bridgehead atoms. The lowest BCUT2D eigenvalue weighted by Crippen LogP contribution is -2.31. The molecule has 0 aliphatic rings. The SMILES string of the molecule is C/C=C\C(=C/C)OCC(O)CNCCc1ccc2cc(C(=O)O)oc2c1. The van der Waals surface area contributed by atoms with Gasteiger partial charge in [-0.25, -0.2) is 4.79 Å². The number of carboxylic acid groups (broad SMARTS) is 1. The highest BCUT2D eigenvalue weighted by Crippen LogP contribution is 2.21. The van der Waals surface area contributed by atoms with Crippen LogP contribution in [0.2, 0.25) is 0 Å².